The van der Waals surface area contributed by atoms with Crippen LogP contribution in [-0.2, 0) is 9.59 Å². The molecule has 1 heterocycles. The van der Waals surface area contributed by atoms with E-state index in [0.717, 1.165) is 5.08 Å². The minimum Gasteiger partial charge on any atom is -0.365 e. The number of allylic oxidation sites excluding steroid dienone is 1. The van der Waals surface area contributed by atoms with Gasteiger partial charge >= 0.3 is 0 Å². The molecular weight excluding hydrogens is 337 g/mol. The van der Waals surface area contributed by atoms with Crippen molar-refractivity contribution >= 4 is 64.5 Å². The van der Waals surface area contributed by atoms with Gasteiger partial charge in [0.2, 0.25) is 0 Å². The minimum absolute atomic E-state index is 0.0191. The third-order valence-electron chi connectivity index (χ3n) is 2.48. The second-order valence-electron chi connectivity index (χ2n) is 3.77. The Morgan fingerprint density at radius 1 is 1.20 bits per heavy atom. The summed E-state index contributed by atoms with van der Waals surface area (Å²) in [6.45, 7) is 0. The number of benzene rings is 1. The number of hydrogen-bond donors (Lipinski definition) is 1. The molecular formula is C13H9Cl2NO2S2. The van der Waals surface area contributed by atoms with Crippen molar-refractivity contribution in [1.82, 2.24) is 0 Å². The first kappa shape index (κ1) is 15.5. The van der Waals surface area contributed by atoms with E-state index in [-0.39, 0.29) is 5.57 Å². The van der Waals surface area contributed by atoms with Crippen LogP contribution in [0.5, 0.6) is 0 Å². The number of carbonyl (C=O) groups excluding carboxylic acids is 2. The Morgan fingerprint density at radius 2 is 1.80 bits per heavy atom. The van der Waals surface area contributed by atoms with Crippen molar-refractivity contribution in [2.45, 2.75) is 0 Å². The molecule has 1 aliphatic heterocycles. The Hall–Kier alpha value is -0.880. The van der Waals surface area contributed by atoms with E-state index < -0.39 is 11.7 Å². The molecule has 1 fully saturated rings. The predicted octanol–water partition coefficient (Wildman–Crippen LogP) is 3.71. The lowest BCUT2D eigenvalue weighted by atomic mass is 10.1. The average Bonchev–Trinajstić information content (AvgIpc) is 2.32. The number of carbonyl (C=O) groups is 2. The van der Waals surface area contributed by atoms with E-state index in [1.54, 1.807) is 18.2 Å². The van der Waals surface area contributed by atoms with E-state index in [1.807, 2.05) is 0 Å². The second kappa shape index (κ2) is 6.72. The molecule has 0 spiro atoms. The number of halogens is 2. The van der Waals surface area contributed by atoms with Gasteiger partial charge in [0.25, 0.3) is 5.91 Å². The van der Waals surface area contributed by atoms with Gasteiger partial charge in [-0.25, -0.2) is 0 Å². The highest BCUT2D eigenvalue weighted by Gasteiger charge is 2.24. The van der Waals surface area contributed by atoms with Crippen LogP contribution in [-0.4, -0.2) is 16.8 Å². The standard InChI is InChI=1S/C13H9Cl2NO2S2/c14-8-2-1-3-9(15)7(8)4-5-10(17)11(12(16)18)13-19-6-20-13/h1-5H,6H2,(H2,16,18). The van der Waals surface area contributed by atoms with Gasteiger partial charge in [-0.3, -0.25) is 9.59 Å². The van der Waals surface area contributed by atoms with Gasteiger partial charge in [-0.2, -0.15) is 0 Å². The van der Waals surface area contributed by atoms with Gasteiger partial charge in [-0.1, -0.05) is 29.3 Å². The van der Waals surface area contributed by atoms with Crippen LogP contribution in [0, 0.1) is 0 Å². The highest BCUT2D eigenvalue weighted by Crippen LogP contribution is 2.45. The van der Waals surface area contributed by atoms with E-state index in [2.05, 4.69) is 0 Å². The van der Waals surface area contributed by atoms with Gasteiger partial charge in [0, 0.05) is 20.7 Å². The van der Waals surface area contributed by atoms with Crippen LogP contribution >= 0.6 is 46.7 Å². The summed E-state index contributed by atoms with van der Waals surface area (Å²) in [5.74, 6) is -1.16. The molecule has 3 nitrogen and oxygen atoms in total. The van der Waals surface area contributed by atoms with Crippen molar-refractivity contribution in [3.8, 4) is 0 Å². The molecule has 2 N–H and O–H groups in total. The lowest BCUT2D eigenvalue weighted by Crippen LogP contribution is -2.21. The van der Waals surface area contributed by atoms with Crippen LogP contribution in [0.3, 0.4) is 0 Å². The summed E-state index contributed by atoms with van der Waals surface area (Å²) in [5, 5.41) is 1.68. The molecule has 2 rings (SSSR count). The van der Waals surface area contributed by atoms with Gasteiger partial charge in [-0.15, -0.1) is 23.5 Å². The third kappa shape index (κ3) is 3.41. The van der Waals surface area contributed by atoms with Gasteiger partial charge in [0.05, 0.1) is 4.24 Å². The number of primary amides is 1. The Balaban J connectivity index is 2.27. The Morgan fingerprint density at radius 3 is 2.25 bits per heavy atom. The van der Waals surface area contributed by atoms with Crippen molar-refractivity contribution < 1.29 is 9.59 Å². The summed E-state index contributed by atoms with van der Waals surface area (Å²) in [7, 11) is 0. The van der Waals surface area contributed by atoms with Gasteiger partial charge < -0.3 is 5.73 Å². The van der Waals surface area contributed by atoms with E-state index in [9.17, 15) is 9.59 Å². The fourth-order valence-electron chi connectivity index (χ4n) is 1.50. The van der Waals surface area contributed by atoms with Gasteiger partial charge in [0.15, 0.2) is 5.78 Å². The van der Waals surface area contributed by atoms with Crippen LogP contribution in [0.4, 0.5) is 0 Å². The predicted molar refractivity (Wildman–Crippen MR) is 86.8 cm³/mol. The molecule has 1 aliphatic rings. The minimum atomic E-state index is -0.723. The summed E-state index contributed by atoms with van der Waals surface area (Å²) in [5.41, 5.74) is 5.80. The van der Waals surface area contributed by atoms with Crippen LogP contribution in [0.25, 0.3) is 6.08 Å². The smallest absolute Gasteiger partial charge is 0.254 e. The molecule has 0 radical (unpaired) electrons. The van der Waals surface area contributed by atoms with Crippen molar-refractivity contribution in [2.24, 2.45) is 5.73 Å². The van der Waals surface area contributed by atoms with Crippen molar-refractivity contribution in [1.29, 1.82) is 0 Å². The molecule has 1 aromatic carbocycles. The molecule has 1 saturated heterocycles. The maximum atomic E-state index is 12.1. The quantitative estimate of drug-likeness (QED) is 0.513. The fourth-order valence-corrected chi connectivity index (χ4v) is 3.65. The molecule has 1 amide bonds. The van der Waals surface area contributed by atoms with Crippen molar-refractivity contribution in [2.75, 3.05) is 5.08 Å². The van der Waals surface area contributed by atoms with Crippen molar-refractivity contribution in [3.63, 3.8) is 0 Å². The summed E-state index contributed by atoms with van der Waals surface area (Å²) in [6, 6.07) is 5.05. The van der Waals surface area contributed by atoms with Crippen LogP contribution in [0.15, 0.2) is 34.1 Å². The maximum Gasteiger partial charge on any atom is 0.254 e. The van der Waals surface area contributed by atoms with Crippen LogP contribution < -0.4 is 5.73 Å². The highest BCUT2D eigenvalue weighted by molar-refractivity contribution is 8.37. The van der Waals surface area contributed by atoms with Crippen LogP contribution in [0.2, 0.25) is 10.0 Å². The summed E-state index contributed by atoms with van der Waals surface area (Å²) in [6.07, 6.45) is 2.75. The van der Waals surface area contributed by atoms with E-state index >= 15 is 0 Å². The number of thioether (sulfide) groups is 2. The SMILES string of the molecule is NC(=O)C(C(=O)C=Cc1c(Cl)cccc1Cl)=C1SCS1. The molecule has 1 aromatic rings. The summed E-state index contributed by atoms with van der Waals surface area (Å²) < 4.78 is 0.664. The third-order valence-corrected chi connectivity index (χ3v) is 5.72. The Labute approximate surface area is 134 Å². The lowest BCUT2D eigenvalue weighted by Gasteiger charge is -2.17. The molecule has 0 aromatic heterocycles. The lowest BCUT2D eigenvalue weighted by molar-refractivity contribution is -0.118. The zero-order valence-corrected chi connectivity index (χ0v) is 13.2. The number of amides is 1. The first-order chi connectivity index (χ1) is 9.50. The van der Waals surface area contributed by atoms with Crippen molar-refractivity contribution in [3.05, 3.63) is 49.7 Å². The monoisotopic (exact) mass is 345 g/mol. The molecule has 104 valence electrons. The largest absolute Gasteiger partial charge is 0.365 e. The average molecular weight is 346 g/mol. The molecule has 20 heavy (non-hydrogen) atoms. The van der Waals surface area contributed by atoms with E-state index in [1.165, 1.54) is 35.7 Å². The number of rotatable bonds is 4. The maximum absolute atomic E-state index is 12.1. The number of ketones is 1. The highest BCUT2D eigenvalue weighted by atomic mass is 35.5. The number of nitrogens with two attached hydrogens (primary N) is 1. The van der Waals surface area contributed by atoms with E-state index in [0.29, 0.717) is 19.8 Å². The molecule has 7 heteroatoms. The first-order valence-electron chi connectivity index (χ1n) is 5.47. The summed E-state index contributed by atoms with van der Waals surface area (Å²) >= 11 is 14.9. The molecule has 0 bridgehead atoms. The van der Waals surface area contributed by atoms with E-state index in [4.69, 9.17) is 28.9 Å². The molecule has 0 aliphatic carbocycles. The zero-order valence-electron chi connectivity index (χ0n) is 10.1. The Bertz CT molecular complexity index is 615. The Kier molecular flexibility index (Phi) is 5.21. The van der Waals surface area contributed by atoms with Gasteiger partial charge in [-0.05, 0) is 24.3 Å². The molecule has 0 unspecified atom stereocenters. The topological polar surface area (TPSA) is 60.2 Å². The first-order valence-corrected chi connectivity index (χ1v) is 8.19. The number of hydrogen-bond acceptors (Lipinski definition) is 4. The van der Waals surface area contributed by atoms with Gasteiger partial charge in [0.1, 0.15) is 5.57 Å². The molecule has 0 saturated carbocycles. The summed E-state index contributed by atoms with van der Waals surface area (Å²) in [4.78, 5) is 23.4. The molecule has 0 atom stereocenters. The second-order valence-corrected chi connectivity index (χ2v) is 7.18. The normalized spacial score (nSPS) is 14.2. The van der Waals surface area contributed by atoms with Crippen LogP contribution in [0.1, 0.15) is 5.56 Å². The zero-order chi connectivity index (χ0) is 14.7. The fraction of sp³-hybridized carbons (Fsp3) is 0.0769.